The van der Waals surface area contributed by atoms with Crippen molar-refractivity contribution in [2.24, 2.45) is 11.7 Å². The van der Waals surface area contributed by atoms with Gasteiger partial charge >= 0.3 is 0 Å². The van der Waals surface area contributed by atoms with E-state index >= 15 is 0 Å². The average Bonchev–Trinajstić information content (AvgIpc) is 2.67. The summed E-state index contributed by atoms with van der Waals surface area (Å²) >= 11 is 2.03. The van der Waals surface area contributed by atoms with E-state index in [4.69, 9.17) is 5.73 Å². The first-order valence-corrected chi connectivity index (χ1v) is 5.90. The van der Waals surface area contributed by atoms with Crippen LogP contribution in [0.25, 0.3) is 0 Å². The van der Waals surface area contributed by atoms with Gasteiger partial charge in [-0.05, 0) is 29.7 Å². The van der Waals surface area contributed by atoms with Gasteiger partial charge in [0.05, 0.1) is 0 Å². The molecule has 13 heavy (non-hydrogen) atoms. The number of thioether (sulfide) groups is 1. The van der Waals surface area contributed by atoms with Crippen LogP contribution in [0.3, 0.4) is 0 Å². The standard InChI is InChI=1S/C11H15NS/c12-6-10-7-13-8-11(10)9-4-2-1-3-5-9/h1-5,10-11H,6-8,12H2. The molecule has 1 saturated heterocycles. The Balaban J connectivity index is 2.16. The summed E-state index contributed by atoms with van der Waals surface area (Å²) in [5.74, 6) is 3.85. The molecule has 1 aliphatic heterocycles. The molecule has 1 aliphatic rings. The van der Waals surface area contributed by atoms with Gasteiger partial charge in [-0.15, -0.1) is 0 Å². The van der Waals surface area contributed by atoms with Gasteiger partial charge in [0.25, 0.3) is 0 Å². The Hall–Kier alpha value is -0.470. The maximum atomic E-state index is 5.75. The Kier molecular flexibility index (Phi) is 2.91. The highest BCUT2D eigenvalue weighted by atomic mass is 32.2. The molecule has 0 bridgehead atoms. The summed E-state index contributed by atoms with van der Waals surface area (Å²) in [5.41, 5.74) is 7.21. The summed E-state index contributed by atoms with van der Waals surface area (Å²) in [6.07, 6.45) is 0. The Morgan fingerprint density at radius 2 is 2.00 bits per heavy atom. The molecule has 2 atom stereocenters. The summed E-state index contributed by atoms with van der Waals surface area (Å²) in [4.78, 5) is 0. The zero-order valence-electron chi connectivity index (χ0n) is 7.65. The quantitative estimate of drug-likeness (QED) is 0.778. The van der Waals surface area contributed by atoms with E-state index in [0.29, 0.717) is 11.8 Å². The van der Waals surface area contributed by atoms with Crippen LogP contribution in [0, 0.1) is 5.92 Å². The molecule has 0 spiro atoms. The van der Waals surface area contributed by atoms with Crippen molar-refractivity contribution in [1.29, 1.82) is 0 Å². The minimum Gasteiger partial charge on any atom is -0.330 e. The molecule has 0 aliphatic carbocycles. The van der Waals surface area contributed by atoms with E-state index in [2.05, 4.69) is 30.3 Å². The summed E-state index contributed by atoms with van der Waals surface area (Å²) in [6, 6.07) is 10.7. The van der Waals surface area contributed by atoms with Gasteiger partial charge < -0.3 is 5.73 Å². The van der Waals surface area contributed by atoms with Gasteiger partial charge in [0, 0.05) is 5.75 Å². The predicted octanol–water partition coefficient (Wildman–Crippen LogP) is 2.09. The lowest BCUT2D eigenvalue weighted by atomic mass is 9.89. The second-order valence-electron chi connectivity index (χ2n) is 3.55. The van der Waals surface area contributed by atoms with Crippen molar-refractivity contribution in [3.05, 3.63) is 35.9 Å². The molecule has 0 aromatic heterocycles. The molecule has 2 heteroatoms. The lowest BCUT2D eigenvalue weighted by Crippen LogP contribution is -2.20. The number of hydrogen-bond acceptors (Lipinski definition) is 2. The Labute approximate surface area is 83.7 Å². The van der Waals surface area contributed by atoms with E-state index < -0.39 is 0 Å². The molecule has 2 rings (SSSR count). The zero-order valence-corrected chi connectivity index (χ0v) is 8.46. The second-order valence-corrected chi connectivity index (χ2v) is 4.63. The third kappa shape index (κ3) is 1.89. The van der Waals surface area contributed by atoms with Crippen molar-refractivity contribution in [2.45, 2.75) is 5.92 Å². The van der Waals surface area contributed by atoms with Crippen LogP contribution in [0.1, 0.15) is 11.5 Å². The molecule has 1 heterocycles. The molecule has 0 amide bonds. The van der Waals surface area contributed by atoms with Gasteiger partial charge in [-0.2, -0.15) is 11.8 Å². The van der Waals surface area contributed by atoms with Crippen LogP contribution in [0.4, 0.5) is 0 Å². The van der Waals surface area contributed by atoms with E-state index in [9.17, 15) is 0 Å². The topological polar surface area (TPSA) is 26.0 Å². The third-order valence-electron chi connectivity index (χ3n) is 2.73. The molecular weight excluding hydrogens is 178 g/mol. The fourth-order valence-electron chi connectivity index (χ4n) is 1.90. The van der Waals surface area contributed by atoms with Crippen LogP contribution in [0.5, 0.6) is 0 Å². The van der Waals surface area contributed by atoms with Crippen molar-refractivity contribution < 1.29 is 0 Å². The summed E-state index contributed by atoms with van der Waals surface area (Å²) in [7, 11) is 0. The van der Waals surface area contributed by atoms with Gasteiger partial charge in [0.2, 0.25) is 0 Å². The third-order valence-corrected chi connectivity index (χ3v) is 3.99. The van der Waals surface area contributed by atoms with Gasteiger partial charge in [-0.25, -0.2) is 0 Å². The van der Waals surface area contributed by atoms with Crippen molar-refractivity contribution in [1.82, 2.24) is 0 Å². The summed E-state index contributed by atoms with van der Waals surface area (Å²) in [6.45, 7) is 0.826. The zero-order chi connectivity index (χ0) is 9.10. The monoisotopic (exact) mass is 193 g/mol. The first kappa shape index (κ1) is 9.10. The SMILES string of the molecule is NCC1CSCC1c1ccccc1. The van der Waals surface area contributed by atoms with E-state index in [1.165, 1.54) is 17.1 Å². The summed E-state index contributed by atoms with van der Waals surface area (Å²) in [5, 5.41) is 0. The molecular formula is C11H15NS. The molecule has 2 unspecified atom stereocenters. The molecule has 1 aromatic carbocycles. The van der Waals surface area contributed by atoms with Gasteiger partial charge in [0.15, 0.2) is 0 Å². The van der Waals surface area contributed by atoms with Crippen LogP contribution in [-0.4, -0.2) is 18.1 Å². The molecule has 1 fully saturated rings. The Morgan fingerprint density at radius 1 is 1.23 bits per heavy atom. The van der Waals surface area contributed by atoms with Crippen LogP contribution in [0.15, 0.2) is 30.3 Å². The maximum absolute atomic E-state index is 5.75. The van der Waals surface area contributed by atoms with E-state index in [1.54, 1.807) is 0 Å². The molecule has 1 aromatic rings. The lowest BCUT2D eigenvalue weighted by molar-refractivity contribution is 0.534. The predicted molar refractivity (Wildman–Crippen MR) is 59.1 cm³/mol. The van der Waals surface area contributed by atoms with Gasteiger partial charge in [-0.3, -0.25) is 0 Å². The Bertz CT molecular complexity index is 260. The fraction of sp³-hybridized carbons (Fsp3) is 0.455. The van der Waals surface area contributed by atoms with E-state index in [1.807, 2.05) is 11.8 Å². The smallest absolute Gasteiger partial charge is 0.000503 e. The number of benzene rings is 1. The number of rotatable bonds is 2. The average molecular weight is 193 g/mol. The van der Waals surface area contributed by atoms with Crippen molar-refractivity contribution in [3.8, 4) is 0 Å². The first-order valence-electron chi connectivity index (χ1n) is 4.74. The first-order chi connectivity index (χ1) is 6.42. The van der Waals surface area contributed by atoms with Crippen LogP contribution in [0.2, 0.25) is 0 Å². The Morgan fingerprint density at radius 3 is 2.69 bits per heavy atom. The van der Waals surface area contributed by atoms with E-state index in [0.717, 1.165) is 6.54 Å². The van der Waals surface area contributed by atoms with Crippen molar-refractivity contribution in [2.75, 3.05) is 18.1 Å². The summed E-state index contributed by atoms with van der Waals surface area (Å²) < 4.78 is 0. The van der Waals surface area contributed by atoms with Gasteiger partial charge in [-0.1, -0.05) is 30.3 Å². The fourth-order valence-corrected chi connectivity index (χ4v) is 3.43. The van der Waals surface area contributed by atoms with Crippen LogP contribution in [-0.2, 0) is 0 Å². The minimum atomic E-state index is 0.687. The number of nitrogens with two attached hydrogens (primary N) is 1. The number of hydrogen-bond donors (Lipinski definition) is 1. The highest BCUT2D eigenvalue weighted by molar-refractivity contribution is 7.99. The van der Waals surface area contributed by atoms with Crippen LogP contribution >= 0.6 is 11.8 Å². The molecule has 2 N–H and O–H groups in total. The lowest BCUT2D eigenvalue weighted by Gasteiger charge is -2.16. The largest absolute Gasteiger partial charge is 0.330 e. The normalized spacial score (nSPS) is 27.8. The maximum Gasteiger partial charge on any atom is 0.000503 e. The minimum absolute atomic E-state index is 0.687. The van der Waals surface area contributed by atoms with Crippen molar-refractivity contribution >= 4 is 11.8 Å². The molecule has 70 valence electrons. The van der Waals surface area contributed by atoms with Crippen LogP contribution < -0.4 is 5.73 Å². The second kappa shape index (κ2) is 4.16. The van der Waals surface area contributed by atoms with Gasteiger partial charge in [0.1, 0.15) is 0 Å². The molecule has 0 radical (unpaired) electrons. The van der Waals surface area contributed by atoms with Crippen molar-refractivity contribution in [3.63, 3.8) is 0 Å². The van der Waals surface area contributed by atoms with E-state index in [-0.39, 0.29) is 0 Å². The molecule has 0 saturated carbocycles. The molecule has 1 nitrogen and oxygen atoms in total. The highest BCUT2D eigenvalue weighted by Gasteiger charge is 2.27. The highest BCUT2D eigenvalue weighted by Crippen LogP contribution is 2.36.